The molecule has 0 spiro atoms. The molecular weight excluding hydrogens is 464 g/mol. The average molecular weight is 495 g/mol. The highest BCUT2D eigenvalue weighted by molar-refractivity contribution is 7.97. The van der Waals surface area contributed by atoms with Crippen LogP contribution in [0.5, 0.6) is 0 Å². The minimum atomic E-state index is 0.474. The molecule has 2 aromatic heterocycles. The van der Waals surface area contributed by atoms with Crippen LogP contribution in [-0.4, -0.2) is 46.8 Å². The summed E-state index contributed by atoms with van der Waals surface area (Å²) in [5.74, 6) is 0. The summed E-state index contributed by atoms with van der Waals surface area (Å²) in [6.07, 6.45) is 5.96. The summed E-state index contributed by atoms with van der Waals surface area (Å²) in [6.45, 7) is 6.58. The molecule has 0 saturated carbocycles. The highest BCUT2D eigenvalue weighted by Gasteiger charge is 2.24. The van der Waals surface area contributed by atoms with Gasteiger partial charge in [0.25, 0.3) is 0 Å². The Kier molecular flexibility index (Phi) is 6.13. The molecule has 5 aromatic rings. The summed E-state index contributed by atoms with van der Waals surface area (Å²) in [6, 6.07) is 22.6. The van der Waals surface area contributed by atoms with Crippen molar-refractivity contribution in [1.29, 1.82) is 0 Å². The van der Waals surface area contributed by atoms with Crippen molar-refractivity contribution in [1.82, 2.24) is 24.6 Å². The van der Waals surface area contributed by atoms with Crippen molar-refractivity contribution in [3.8, 4) is 22.3 Å². The van der Waals surface area contributed by atoms with Crippen LogP contribution >= 0.6 is 11.9 Å². The van der Waals surface area contributed by atoms with Crippen molar-refractivity contribution < 1.29 is 0 Å². The molecule has 7 heteroatoms. The third-order valence-corrected chi connectivity index (χ3v) is 7.85. The Bertz CT molecular complexity index is 1520. The predicted molar refractivity (Wildman–Crippen MR) is 151 cm³/mol. The number of benzene rings is 3. The van der Waals surface area contributed by atoms with Gasteiger partial charge in [-0.2, -0.15) is 5.10 Å². The molecule has 1 saturated heterocycles. The van der Waals surface area contributed by atoms with E-state index in [2.05, 4.69) is 101 Å². The summed E-state index contributed by atoms with van der Waals surface area (Å²) in [5, 5.41) is 10.6. The van der Waals surface area contributed by atoms with Crippen LogP contribution in [0.15, 0.2) is 84.1 Å². The maximum atomic E-state index is 4.86. The van der Waals surface area contributed by atoms with Gasteiger partial charge in [-0.05, 0) is 72.9 Å². The van der Waals surface area contributed by atoms with Crippen molar-refractivity contribution in [2.75, 3.05) is 25.0 Å². The topological polar surface area (TPSA) is 57.5 Å². The Morgan fingerprint density at radius 3 is 2.39 bits per heavy atom. The first-order valence-electron chi connectivity index (χ1n) is 12.4. The molecule has 0 amide bonds. The number of hydrogen-bond acceptors (Lipinski definition) is 6. The fourth-order valence-corrected chi connectivity index (χ4v) is 6.05. The zero-order valence-electron chi connectivity index (χ0n) is 20.8. The second-order valence-corrected chi connectivity index (χ2v) is 10.5. The maximum Gasteiger partial charge on any atom is 0.162 e. The van der Waals surface area contributed by atoms with E-state index < -0.39 is 0 Å². The molecule has 1 aliphatic rings. The summed E-state index contributed by atoms with van der Waals surface area (Å²) < 4.78 is 5.08. The van der Waals surface area contributed by atoms with Gasteiger partial charge in [-0.3, -0.25) is 4.72 Å². The quantitative estimate of drug-likeness (QED) is 0.309. The number of rotatable bonds is 5. The van der Waals surface area contributed by atoms with Gasteiger partial charge in [-0.15, -0.1) is 0 Å². The Morgan fingerprint density at radius 2 is 1.61 bits per heavy atom. The van der Waals surface area contributed by atoms with Gasteiger partial charge in [0.05, 0.1) is 6.20 Å². The second-order valence-electron chi connectivity index (χ2n) is 9.44. The minimum absolute atomic E-state index is 0.474. The number of hydrogen-bond donors (Lipinski definition) is 2. The summed E-state index contributed by atoms with van der Waals surface area (Å²) >= 11 is 1.63. The third-order valence-electron chi connectivity index (χ3n) is 7.07. The Hall–Kier alpha value is -3.39. The standard InChI is InChI=1S/C29H30N6S/c1-19-14-31-15-20(2)35(19)23-12-10-21(11-13-23)22-16-32-29-27(17-33-34(29)18-22)25-6-4-8-26-24(25)7-5-9-28(26)36-30-3/h4-13,16-20,30-31H,14-15H2,1-3H3. The van der Waals surface area contributed by atoms with Crippen molar-refractivity contribution in [2.24, 2.45) is 0 Å². The summed E-state index contributed by atoms with van der Waals surface area (Å²) in [7, 11) is 1.94. The van der Waals surface area contributed by atoms with Crippen LogP contribution < -0.4 is 14.9 Å². The Labute approximate surface area is 215 Å². The van der Waals surface area contributed by atoms with Gasteiger partial charge in [0.15, 0.2) is 5.65 Å². The van der Waals surface area contributed by atoms with E-state index in [1.54, 1.807) is 11.9 Å². The zero-order valence-corrected chi connectivity index (χ0v) is 21.6. The lowest BCUT2D eigenvalue weighted by molar-refractivity contribution is 0.432. The maximum absolute atomic E-state index is 4.86. The van der Waals surface area contributed by atoms with Gasteiger partial charge in [0.1, 0.15) is 0 Å². The van der Waals surface area contributed by atoms with Crippen LogP contribution in [0.2, 0.25) is 0 Å². The van der Waals surface area contributed by atoms with Crippen molar-refractivity contribution in [2.45, 2.75) is 30.8 Å². The second kappa shape index (κ2) is 9.58. The van der Waals surface area contributed by atoms with Gasteiger partial charge in [-0.1, -0.05) is 42.5 Å². The fraction of sp³-hybridized carbons (Fsp3) is 0.241. The monoisotopic (exact) mass is 494 g/mol. The number of nitrogens with zero attached hydrogens (tertiary/aromatic N) is 4. The molecule has 2 atom stereocenters. The van der Waals surface area contributed by atoms with Crippen molar-refractivity contribution in [3.63, 3.8) is 0 Å². The lowest BCUT2D eigenvalue weighted by atomic mass is 10.00. The lowest BCUT2D eigenvalue weighted by Gasteiger charge is -2.41. The zero-order chi connectivity index (χ0) is 24.6. The molecule has 2 unspecified atom stereocenters. The molecule has 0 bridgehead atoms. The average Bonchev–Trinajstić information content (AvgIpc) is 3.32. The van der Waals surface area contributed by atoms with Crippen molar-refractivity contribution >= 4 is 34.1 Å². The van der Waals surface area contributed by atoms with E-state index in [1.165, 1.54) is 21.4 Å². The summed E-state index contributed by atoms with van der Waals surface area (Å²) in [4.78, 5) is 8.57. The van der Waals surface area contributed by atoms with E-state index in [9.17, 15) is 0 Å². The molecule has 3 heterocycles. The van der Waals surface area contributed by atoms with E-state index in [0.717, 1.165) is 41.0 Å². The molecule has 0 aliphatic carbocycles. The van der Waals surface area contributed by atoms with Gasteiger partial charge < -0.3 is 10.2 Å². The van der Waals surface area contributed by atoms with E-state index in [0.29, 0.717) is 12.1 Å². The normalized spacial score (nSPS) is 18.2. The number of fused-ring (bicyclic) bond motifs is 2. The minimum Gasteiger partial charge on any atom is -0.364 e. The van der Waals surface area contributed by atoms with Crippen LogP contribution in [0.1, 0.15) is 13.8 Å². The first-order chi connectivity index (χ1) is 17.6. The van der Waals surface area contributed by atoms with Gasteiger partial charge in [0.2, 0.25) is 0 Å². The van der Waals surface area contributed by atoms with Crippen LogP contribution in [0.4, 0.5) is 5.69 Å². The van der Waals surface area contributed by atoms with Crippen LogP contribution in [-0.2, 0) is 0 Å². The smallest absolute Gasteiger partial charge is 0.162 e. The lowest BCUT2D eigenvalue weighted by Crippen LogP contribution is -2.55. The first kappa shape index (κ1) is 23.0. The Morgan fingerprint density at radius 1 is 0.861 bits per heavy atom. The largest absolute Gasteiger partial charge is 0.364 e. The molecule has 182 valence electrons. The first-order valence-corrected chi connectivity index (χ1v) is 13.2. The molecule has 6 nitrogen and oxygen atoms in total. The molecule has 3 aromatic carbocycles. The summed E-state index contributed by atoms with van der Waals surface area (Å²) in [5.41, 5.74) is 6.50. The van der Waals surface area contributed by atoms with Crippen LogP contribution in [0.25, 0.3) is 38.7 Å². The van der Waals surface area contributed by atoms with E-state index >= 15 is 0 Å². The number of anilines is 1. The van der Waals surface area contributed by atoms with Crippen LogP contribution in [0.3, 0.4) is 0 Å². The third kappa shape index (κ3) is 4.03. The van der Waals surface area contributed by atoms with E-state index in [1.807, 2.05) is 24.0 Å². The molecule has 36 heavy (non-hydrogen) atoms. The SMILES string of the molecule is CNSc1cccc2c(-c3cnn4cc(-c5ccc(N6C(C)CNCC6C)cc5)cnc34)cccc12. The number of nitrogens with one attached hydrogen (secondary N) is 2. The fourth-order valence-electron chi connectivity index (χ4n) is 5.40. The molecule has 2 N–H and O–H groups in total. The van der Waals surface area contributed by atoms with Gasteiger partial charge in [0, 0.05) is 59.3 Å². The number of piperazine rings is 1. The van der Waals surface area contributed by atoms with E-state index in [4.69, 9.17) is 4.98 Å². The molecule has 0 radical (unpaired) electrons. The number of aromatic nitrogens is 3. The highest BCUT2D eigenvalue weighted by Crippen LogP contribution is 2.35. The molecule has 1 fully saturated rings. The van der Waals surface area contributed by atoms with Gasteiger partial charge in [-0.25, -0.2) is 9.50 Å². The van der Waals surface area contributed by atoms with E-state index in [-0.39, 0.29) is 0 Å². The van der Waals surface area contributed by atoms with Crippen molar-refractivity contribution in [3.05, 3.63) is 79.3 Å². The highest BCUT2D eigenvalue weighted by atomic mass is 32.2. The Balaban J connectivity index is 1.34. The molecule has 6 rings (SSSR count). The molecule has 1 aliphatic heterocycles. The van der Waals surface area contributed by atoms with Crippen LogP contribution in [0, 0.1) is 0 Å². The predicted octanol–water partition coefficient (Wildman–Crippen LogP) is 5.63. The molecular formula is C29H30N6S. The van der Waals surface area contributed by atoms with Gasteiger partial charge >= 0.3 is 0 Å².